The summed E-state index contributed by atoms with van der Waals surface area (Å²) in [7, 11) is 0. The highest BCUT2D eigenvalue weighted by atomic mass is 14.9. The Hall–Kier alpha value is -11.9. The summed E-state index contributed by atoms with van der Waals surface area (Å²) in [6.45, 7) is 0. The monoisotopic (exact) mass is 1120 g/mol. The van der Waals surface area contributed by atoms with Crippen LogP contribution in [0.2, 0.25) is 0 Å². The zero-order valence-electron chi connectivity index (χ0n) is 47.4. The van der Waals surface area contributed by atoms with Crippen LogP contribution in [0.25, 0.3) is 188 Å². The fourth-order valence-electron chi connectivity index (χ4n) is 13.6. The van der Waals surface area contributed by atoms with E-state index in [0.717, 1.165) is 111 Å². The van der Waals surface area contributed by atoms with Crippen LogP contribution in [0.3, 0.4) is 0 Å². The molecule has 0 aliphatic rings. The molecular weight excluding hydrogens is 1070 g/mol. The highest BCUT2D eigenvalue weighted by Gasteiger charge is 2.20. The van der Waals surface area contributed by atoms with Crippen molar-refractivity contribution in [3.05, 3.63) is 291 Å². The van der Waals surface area contributed by atoms with Crippen LogP contribution < -0.4 is 0 Å². The number of hydrogen-bond acceptors (Lipinski definition) is 6. The highest BCUT2D eigenvalue weighted by molar-refractivity contribution is 6.26. The van der Waals surface area contributed by atoms with Gasteiger partial charge in [-0.25, -0.2) is 19.9 Å². The Morgan fingerprint density at radius 1 is 0.193 bits per heavy atom. The van der Waals surface area contributed by atoms with Crippen LogP contribution in [-0.2, 0) is 0 Å². The molecule has 0 spiro atoms. The normalized spacial score (nSPS) is 11.9. The summed E-state index contributed by atoms with van der Waals surface area (Å²) >= 11 is 0. The maximum absolute atomic E-state index is 5.42. The lowest BCUT2D eigenvalue weighted by Crippen LogP contribution is -1.97. The third kappa shape index (κ3) is 8.18. The molecule has 0 fully saturated rings. The van der Waals surface area contributed by atoms with Gasteiger partial charge in [0.1, 0.15) is 0 Å². The van der Waals surface area contributed by atoms with E-state index >= 15 is 0 Å². The number of fused-ring (bicyclic) bond motifs is 2. The summed E-state index contributed by atoms with van der Waals surface area (Å²) in [5, 5.41) is 19.3. The second kappa shape index (κ2) is 19.9. The van der Waals surface area contributed by atoms with Crippen LogP contribution >= 0.6 is 0 Å². The third-order valence-corrected chi connectivity index (χ3v) is 17.9. The van der Waals surface area contributed by atoms with Gasteiger partial charge in [-0.1, -0.05) is 255 Å². The van der Waals surface area contributed by atoms with E-state index in [0.29, 0.717) is 11.6 Å². The van der Waals surface area contributed by atoms with Crippen molar-refractivity contribution in [1.29, 1.82) is 0 Å². The Morgan fingerprint density at radius 3 is 0.932 bits per heavy atom. The van der Waals surface area contributed by atoms with E-state index in [4.69, 9.17) is 29.9 Å². The molecule has 0 aliphatic carbocycles. The minimum atomic E-state index is 0.650. The van der Waals surface area contributed by atoms with Gasteiger partial charge in [-0.3, -0.25) is 9.97 Å². The fraction of sp³-hybridized carbons (Fsp3) is 0. The predicted molar refractivity (Wildman–Crippen MR) is 365 cm³/mol. The summed E-state index contributed by atoms with van der Waals surface area (Å²) in [5.74, 6) is 1.30. The zero-order valence-corrected chi connectivity index (χ0v) is 47.4. The first-order valence-electron chi connectivity index (χ1n) is 29.8. The smallest absolute Gasteiger partial charge is 0.160 e. The van der Waals surface area contributed by atoms with Gasteiger partial charge >= 0.3 is 0 Å². The SMILES string of the molecule is c1ccc2c(-c3ccc(-c4cc(-c5ccc6ccc7cccc8ccc5c6c78)nc(-c5ccc(-c6ccc(-c7nc(-c8ccc(-c9nccc%10ccccc9%10)cc8)cc(-c8ccc9ccc%10cccc%11ccc8c9c%10%11)n7)cc6)cc5)n4)cc3)nccc2c1. The van der Waals surface area contributed by atoms with E-state index < -0.39 is 0 Å². The molecule has 6 heteroatoms. The number of pyridine rings is 2. The number of nitrogens with zero attached hydrogens (tertiary/aromatic N) is 6. The first-order chi connectivity index (χ1) is 43.6. The molecule has 0 bridgehead atoms. The summed E-state index contributed by atoms with van der Waals surface area (Å²) in [5.41, 5.74) is 15.5. The van der Waals surface area contributed by atoms with Gasteiger partial charge in [0, 0.05) is 67.7 Å². The van der Waals surface area contributed by atoms with E-state index in [1.807, 2.05) is 12.4 Å². The van der Waals surface area contributed by atoms with Gasteiger partial charge in [-0.15, -0.1) is 0 Å². The van der Waals surface area contributed by atoms with Crippen molar-refractivity contribution < 1.29 is 0 Å². The molecule has 0 aliphatic heterocycles. The quantitative estimate of drug-likeness (QED) is 0.134. The predicted octanol–water partition coefficient (Wildman–Crippen LogP) is 21.2. The highest BCUT2D eigenvalue weighted by Crippen LogP contribution is 2.43. The molecule has 0 N–H and O–H groups in total. The maximum Gasteiger partial charge on any atom is 0.160 e. The lowest BCUT2D eigenvalue weighted by atomic mass is 9.91. The third-order valence-electron chi connectivity index (χ3n) is 17.9. The molecule has 0 saturated heterocycles. The molecule has 406 valence electrons. The number of aromatic nitrogens is 6. The van der Waals surface area contributed by atoms with Crippen molar-refractivity contribution >= 4 is 86.2 Å². The second-order valence-electron chi connectivity index (χ2n) is 22.9. The van der Waals surface area contributed by atoms with Crippen molar-refractivity contribution in [1.82, 2.24) is 29.9 Å². The fourth-order valence-corrected chi connectivity index (χ4v) is 13.6. The molecule has 88 heavy (non-hydrogen) atoms. The molecule has 0 amide bonds. The molecule has 4 aromatic heterocycles. The first-order valence-corrected chi connectivity index (χ1v) is 29.8. The lowest BCUT2D eigenvalue weighted by Gasteiger charge is -2.15. The standard InChI is InChI=1S/C82H48N6/c1-3-13-65-51(7-1)43-45-83-79(65)61-27-19-53(20-28-61)71-47-73(67-39-35-59-25-23-55-9-5-11-57-37-41-69(67)77(59)75(55)57)87-81(85-71)63-31-15-49(16-32-63)50-17-33-64(34-18-50)82-86-72(54-21-29-62(30-22-54)80-66-14-4-2-8-52(66)44-46-84-80)48-74(88-82)68-40-36-60-26-24-56-10-6-12-58-38-42-70(68)78(60)76(56)58/h1-48H. The van der Waals surface area contributed by atoms with Crippen molar-refractivity contribution in [3.63, 3.8) is 0 Å². The number of hydrogen-bond donors (Lipinski definition) is 0. The second-order valence-corrected chi connectivity index (χ2v) is 22.9. The minimum absolute atomic E-state index is 0.650. The summed E-state index contributed by atoms with van der Waals surface area (Å²) in [4.78, 5) is 31.2. The van der Waals surface area contributed by atoms with E-state index in [1.54, 1.807) is 0 Å². The lowest BCUT2D eigenvalue weighted by molar-refractivity contribution is 1.18. The molecule has 4 heterocycles. The van der Waals surface area contributed by atoms with Crippen LogP contribution in [0.5, 0.6) is 0 Å². The van der Waals surface area contributed by atoms with Crippen LogP contribution in [0.4, 0.5) is 0 Å². The molecular formula is C82H48N6. The molecule has 0 radical (unpaired) electrons. The van der Waals surface area contributed by atoms with E-state index in [9.17, 15) is 0 Å². The molecule has 18 rings (SSSR count). The van der Waals surface area contributed by atoms with Gasteiger partial charge in [-0.05, 0) is 111 Å². The van der Waals surface area contributed by atoms with Gasteiger partial charge in [0.05, 0.1) is 34.2 Å². The average Bonchev–Trinajstić information content (AvgIpc) is 0.828. The Balaban J connectivity index is 0.717. The molecule has 0 atom stereocenters. The minimum Gasteiger partial charge on any atom is -0.256 e. The van der Waals surface area contributed by atoms with Gasteiger partial charge < -0.3 is 0 Å². The Kier molecular flexibility index (Phi) is 11.2. The van der Waals surface area contributed by atoms with Crippen molar-refractivity contribution in [3.8, 4) is 101 Å². The van der Waals surface area contributed by atoms with Crippen LogP contribution in [-0.4, -0.2) is 29.9 Å². The van der Waals surface area contributed by atoms with Crippen molar-refractivity contribution in [2.75, 3.05) is 0 Å². The summed E-state index contributed by atoms with van der Waals surface area (Å²) in [6.07, 6.45) is 3.77. The van der Waals surface area contributed by atoms with E-state index in [1.165, 1.54) is 64.6 Å². The van der Waals surface area contributed by atoms with E-state index in [-0.39, 0.29) is 0 Å². The average molecular weight is 1120 g/mol. The van der Waals surface area contributed by atoms with Gasteiger partial charge in [0.2, 0.25) is 0 Å². The Bertz CT molecular complexity index is 5380. The number of benzene rings is 14. The number of rotatable bonds is 9. The molecule has 6 nitrogen and oxygen atoms in total. The van der Waals surface area contributed by atoms with Gasteiger partial charge in [0.15, 0.2) is 11.6 Å². The van der Waals surface area contributed by atoms with Crippen molar-refractivity contribution in [2.24, 2.45) is 0 Å². The van der Waals surface area contributed by atoms with Crippen molar-refractivity contribution in [2.45, 2.75) is 0 Å². The Morgan fingerprint density at radius 2 is 0.511 bits per heavy atom. The van der Waals surface area contributed by atoms with Crippen LogP contribution in [0.1, 0.15) is 0 Å². The van der Waals surface area contributed by atoms with Crippen LogP contribution in [0.15, 0.2) is 291 Å². The van der Waals surface area contributed by atoms with Crippen LogP contribution in [0, 0.1) is 0 Å². The molecule has 0 unspecified atom stereocenters. The van der Waals surface area contributed by atoms with Gasteiger partial charge in [-0.2, -0.15) is 0 Å². The van der Waals surface area contributed by atoms with E-state index in [2.05, 4.69) is 279 Å². The largest absolute Gasteiger partial charge is 0.256 e. The molecule has 18 aromatic rings. The topological polar surface area (TPSA) is 77.3 Å². The zero-order chi connectivity index (χ0) is 57.8. The van der Waals surface area contributed by atoms with Gasteiger partial charge in [0.25, 0.3) is 0 Å². The summed E-state index contributed by atoms with van der Waals surface area (Å²) in [6, 6.07) is 99.6. The Labute approximate surface area is 506 Å². The maximum atomic E-state index is 5.42. The summed E-state index contributed by atoms with van der Waals surface area (Å²) < 4.78 is 0. The molecule has 14 aromatic carbocycles. The molecule has 0 saturated carbocycles. The first kappa shape index (κ1) is 49.6.